The summed E-state index contributed by atoms with van der Waals surface area (Å²) in [6.07, 6.45) is 2.76. The lowest BCUT2D eigenvalue weighted by atomic mass is 9.87. The maximum atomic E-state index is 12.9. The van der Waals surface area contributed by atoms with Crippen molar-refractivity contribution < 1.29 is 19.0 Å². The Bertz CT molecular complexity index is 1290. The van der Waals surface area contributed by atoms with Gasteiger partial charge < -0.3 is 4.90 Å². The molecule has 6 rings (SSSR count). The summed E-state index contributed by atoms with van der Waals surface area (Å²) in [5.74, 6) is -0.313. The lowest BCUT2D eigenvalue weighted by Gasteiger charge is -2.32. The topological polar surface area (TPSA) is 109 Å². The summed E-state index contributed by atoms with van der Waals surface area (Å²) in [4.78, 5) is 40.7. The van der Waals surface area contributed by atoms with Crippen LogP contribution in [0, 0.1) is 0 Å². The Labute approximate surface area is 196 Å². The van der Waals surface area contributed by atoms with Gasteiger partial charge in [-0.1, -0.05) is 18.2 Å². The van der Waals surface area contributed by atoms with Crippen LogP contribution in [0.5, 0.6) is 0 Å². The van der Waals surface area contributed by atoms with E-state index < -0.39 is 6.04 Å². The van der Waals surface area contributed by atoms with E-state index in [0.717, 1.165) is 49.1 Å². The van der Waals surface area contributed by atoms with Crippen LogP contribution in [0.2, 0.25) is 0 Å². The van der Waals surface area contributed by atoms with Crippen molar-refractivity contribution in [3.8, 4) is 0 Å². The normalized spacial score (nSPS) is 21.8. The molecule has 3 aliphatic rings. The highest BCUT2D eigenvalue weighted by Crippen LogP contribution is 2.34. The molecule has 1 N–H and O–H groups in total. The molecule has 0 aliphatic carbocycles. The number of carbonyl (C=O) groups excluding carboxylic acids is 3. The van der Waals surface area contributed by atoms with Gasteiger partial charge in [-0.3, -0.25) is 24.6 Å². The second-order valence-corrected chi connectivity index (χ2v) is 9.45. The number of piperidine rings is 2. The van der Waals surface area contributed by atoms with Gasteiger partial charge in [-0.05, 0) is 83.5 Å². The first-order valence-electron chi connectivity index (χ1n) is 11.8. The summed E-state index contributed by atoms with van der Waals surface area (Å²) in [6, 6.07) is 11.6. The molecule has 1 aromatic heterocycles. The third-order valence-corrected chi connectivity index (χ3v) is 7.33. The van der Waals surface area contributed by atoms with Gasteiger partial charge in [0.15, 0.2) is 0 Å². The highest BCUT2D eigenvalue weighted by Gasteiger charge is 2.39. The zero-order chi connectivity index (χ0) is 23.2. The average molecular weight is 460 g/mol. The van der Waals surface area contributed by atoms with E-state index in [0.29, 0.717) is 24.4 Å². The first kappa shape index (κ1) is 21.0. The molecule has 2 aromatic carbocycles. The van der Waals surface area contributed by atoms with Gasteiger partial charge in [0.05, 0.1) is 0 Å². The zero-order valence-electron chi connectivity index (χ0n) is 18.7. The van der Waals surface area contributed by atoms with Gasteiger partial charge in [-0.2, -0.15) is 0 Å². The van der Waals surface area contributed by atoms with Gasteiger partial charge >= 0.3 is 0 Å². The summed E-state index contributed by atoms with van der Waals surface area (Å²) in [6.45, 7) is 3.29. The third-order valence-electron chi connectivity index (χ3n) is 7.33. The maximum absolute atomic E-state index is 12.9. The van der Waals surface area contributed by atoms with Crippen molar-refractivity contribution in [1.82, 2.24) is 25.4 Å². The fourth-order valence-corrected chi connectivity index (χ4v) is 5.46. The molecule has 9 heteroatoms. The molecular weight excluding hydrogens is 434 g/mol. The number of rotatable bonds is 4. The fourth-order valence-electron chi connectivity index (χ4n) is 5.46. The Morgan fingerprint density at radius 3 is 2.62 bits per heavy atom. The van der Waals surface area contributed by atoms with Crippen molar-refractivity contribution in [3.63, 3.8) is 0 Å². The molecule has 174 valence electrons. The summed E-state index contributed by atoms with van der Waals surface area (Å²) in [5.41, 5.74) is 5.66. The summed E-state index contributed by atoms with van der Waals surface area (Å²) >= 11 is 0. The quantitative estimate of drug-likeness (QED) is 0.597. The van der Waals surface area contributed by atoms with E-state index in [1.165, 1.54) is 11.1 Å². The lowest BCUT2D eigenvalue weighted by Crippen LogP contribution is -2.52. The summed E-state index contributed by atoms with van der Waals surface area (Å²) in [5, 5.41) is 10.1. The van der Waals surface area contributed by atoms with Crippen LogP contribution in [0.15, 0.2) is 41.0 Å². The van der Waals surface area contributed by atoms with Crippen LogP contribution in [-0.4, -0.2) is 57.0 Å². The highest BCUT2D eigenvalue weighted by atomic mass is 16.6. The van der Waals surface area contributed by atoms with Crippen LogP contribution in [0.4, 0.5) is 0 Å². The van der Waals surface area contributed by atoms with E-state index in [1.807, 2.05) is 18.2 Å². The molecule has 0 bridgehead atoms. The van der Waals surface area contributed by atoms with E-state index in [4.69, 9.17) is 4.63 Å². The molecule has 9 nitrogen and oxygen atoms in total. The number of hydrogen-bond acceptors (Lipinski definition) is 7. The van der Waals surface area contributed by atoms with E-state index in [2.05, 4.69) is 38.7 Å². The minimum Gasteiger partial charge on any atom is -0.322 e. The molecule has 2 fully saturated rings. The molecule has 3 amide bonds. The lowest BCUT2D eigenvalue weighted by molar-refractivity contribution is -0.136. The predicted octanol–water partition coefficient (Wildman–Crippen LogP) is 2.36. The smallest absolute Gasteiger partial charge is 0.255 e. The number of amides is 3. The molecule has 34 heavy (non-hydrogen) atoms. The number of imide groups is 1. The van der Waals surface area contributed by atoms with Crippen LogP contribution < -0.4 is 5.32 Å². The van der Waals surface area contributed by atoms with Crippen LogP contribution in [0.25, 0.3) is 11.0 Å². The number of hydrogen-bond donors (Lipinski definition) is 1. The number of nitrogens with one attached hydrogen (secondary N) is 1. The van der Waals surface area contributed by atoms with Crippen molar-refractivity contribution in [3.05, 3.63) is 58.7 Å². The molecule has 1 atom stereocenters. The van der Waals surface area contributed by atoms with Crippen LogP contribution in [0.1, 0.15) is 58.6 Å². The second kappa shape index (κ2) is 8.32. The Morgan fingerprint density at radius 2 is 1.79 bits per heavy atom. The SMILES string of the molecule is O=C1CCC(N2Cc3cc(C4CCN(Cc5ccc6nonc6c5)CC4)ccc3C2=O)C(=O)N1. The van der Waals surface area contributed by atoms with Gasteiger partial charge in [0.2, 0.25) is 11.8 Å². The standard InChI is InChI=1S/C25H25N5O4/c31-23-6-5-22(24(32)26-23)30-14-18-12-17(2-3-19(18)25(30)33)16-7-9-29(10-8-16)13-15-1-4-20-21(11-15)28-34-27-20/h1-4,11-12,16,22H,5-10,13-14H2,(H,26,31,32). The molecule has 0 spiro atoms. The number of likely N-dealkylation sites (tertiary alicyclic amines) is 1. The molecule has 0 radical (unpaired) electrons. The van der Waals surface area contributed by atoms with Crippen LogP contribution >= 0.6 is 0 Å². The second-order valence-electron chi connectivity index (χ2n) is 9.45. The maximum Gasteiger partial charge on any atom is 0.255 e. The fraction of sp³-hybridized carbons (Fsp3) is 0.400. The van der Waals surface area contributed by atoms with Crippen LogP contribution in [-0.2, 0) is 22.7 Å². The number of fused-ring (bicyclic) bond motifs is 2. The zero-order valence-corrected chi connectivity index (χ0v) is 18.7. The number of nitrogens with zero attached hydrogens (tertiary/aromatic N) is 4. The first-order chi connectivity index (χ1) is 16.5. The van der Waals surface area contributed by atoms with Crippen molar-refractivity contribution in [2.45, 2.75) is 50.7 Å². The van der Waals surface area contributed by atoms with E-state index in [9.17, 15) is 14.4 Å². The minimum absolute atomic E-state index is 0.120. The van der Waals surface area contributed by atoms with Gasteiger partial charge in [0, 0.05) is 25.1 Å². The number of aromatic nitrogens is 2. The van der Waals surface area contributed by atoms with Gasteiger partial charge in [0.25, 0.3) is 5.91 Å². The van der Waals surface area contributed by atoms with Crippen molar-refractivity contribution in [2.24, 2.45) is 0 Å². The molecular formula is C25H25N5O4. The monoisotopic (exact) mass is 459 g/mol. The van der Waals surface area contributed by atoms with E-state index in [1.54, 1.807) is 4.90 Å². The van der Waals surface area contributed by atoms with E-state index in [-0.39, 0.29) is 24.1 Å². The van der Waals surface area contributed by atoms with Crippen molar-refractivity contribution in [1.29, 1.82) is 0 Å². The average Bonchev–Trinajstić information content (AvgIpc) is 3.43. The predicted molar refractivity (Wildman–Crippen MR) is 122 cm³/mol. The highest BCUT2D eigenvalue weighted by molar-refractivity contribution is 6.05. The number of benzene rings is 2. The molecule has 3 aliphatic heterocycles. The van der Waals surface area contributed by atoms with Gasteiger partial charge in [-0.25, -0.2) is 4.63 Å². The molecule has 4 heterocycles. The summed E-state index contributed by atoms with van der Waals surface area (Å²) < 4.78 is 4.79. The minimum atomic E-state index is -0.573. The Hall–Kier alpha value is -3.59. The molecule has 2 saturated heterocycles. The summed E-state index contributed by atoms with van der Waals surface area (Å²) in [7, 11) is 0. The van der Waals surface area contributed by atoms with Crippen molar-refractivity contribution in [2.75, 3.05) is 13.1 Å². The van der Waals surface area contributed by atoms with Gasteiger partial charge in [0.1, 0.15) is 17.1 Å². The largest absolute Gasteiger partial charge is 0.322 e. The number of carbonyl (C=O) groups is 3. The Balaban J connectivity index is 1.10. The molecule has 1 unspecified atom stereocenters. The van der Waals surface area contributed by atoms with Gasteiger partial charge in [-0.15, -0.1) is 0 Å². The van der Waals surface area contributed by atoms with Crippen LogP contribution in [0.3, 0.4) is 0 Å². The van der Waals surface area contributed by atoms with E-state index >= 15 is 0 Å². The Kier molecular flexibility index (Phi) is 5.13. The van der Waals surface area contributed by atoms with Crippen molar-refractivity contribution >= 4 is 28.8 Å². The molecule has 3 aromatic rings. The third kappa shape index (κ3) is 3.75. The Morgan fingerprint density at radius 1 is 0.971 bits per heavy atom. The first-order valence-corrected chi connectivity index (χ1v) is 11.8. The molecule has 0 saturated carbocycles.